The number of hydrogen-bond acceptors (Lipinski definition) is 4. The summed E-state index contributed by atoms with van der Waals surface area (Å²) in [6, 6.07) is 18.6. The molecule has 0 aliphatic heterocycles. The van der Waals surface area contributed by atoms with Gasteiger partial charge in [0.2, 0.25) is 0 Å². The molecule has 6 nitrogen and oxygen atoms in total. The second-order valence-corrected chi connectivity index (χ2v) is 9.33. The fourth-order valence-electron chi connectivity index (χ4n) is 3.37. The van der Waals surface area contributed by atoms with Crippen molar-refractivity contribution in [3.8, 4) is 5.75 Å². The lowest BCUT2D eigenvalue weighted by Gasteiger charge is -2.23. The van der Waals surface area contributed by atoms with Crippen molar-refractivity contribution in [3.05, 3.63) is 89.7 Å². The van der Waals surface area contributed by atoms with Gasteiger partial charge in [-0.05, 0) is 73.0 Å². The van der Waals surface area contributed by atoms with E-state index in [1.165, 1.54) is 31.4 Å². The number of benzene rings is 3. The van der Waals surface area contributed by atoms with E-state index < -0.39 is 10.0 Å². The summed E-state index contributed by atoms with van der Waals surface area (Å²) in [6.07, 6.45) is 1.79. The quantitative estimate of drug-likeness (QED) is 0.546. The van der Waals surface area contributed by atoms with E-state index in [2.05, 4.69) is 4.72 Å². The topological polar surface area (TPSA) is 75.7 Å². The lowest BCUT2D eigenvalue weighted by molar-refractivity contribution is 0.0729. The maximum atomic E-state index is 13.2. The maximum absolute atomic E-state index is 13.2. The van der Waals surface area contributed by atoms with Gasteiger partial charge in [0.25, 0.3) is 15.9 Å². The number of carbonyl (C=O) groups is 1. The minimum absolute atomic E-state index is 0.00306. The van der Waals surface area contributed by atoms with Gasteiger partial charge in [-0.1, -0.05) is 18.2 Å². The Bertz CT molecular complexity index is 1210. The van der Waals surface area contributed by atoms with Gasteiger partial charge in [-0.2, -0.15) is 0 Å². The SMILES string of the molecule is COc1ccc(NS(=O)(=O)c2cccc(C(=O)N(Cc3ccc(F)cc3)C3CC3)c2)cc1. The summed E-state index contributed by atoms with van der Waals surface area (Å²) in [5.74, 6) is 0.0282. The minimum atomic E-state index is -3.89. The standard InChI is InChI=1S/C24H23FN2O4S/c1-31-22-13-9-20(10-14-22)26-32(29,30)23-4-2-3-18(15-23)24(28)27(21-11-12-21)16-17-5-7-19(25)8-6-17/h2-10,13-15,21,26H,11-12,16H2,1H3. The number of amides is 1. The second kappa shape index (κ2) is 9.00. The predicted molar refractivity (Wildman–Crippen MR) is 120 cm³/mol. The van der Waals surface area contributed by atoms with Crippen molar-refractivity contribution in [2.24, 2.45) is 0 Å². The van der Waals surface area contributed by atoms with E-state index in [4.69, 9.17) is 4.74 Å². The summed E-state index contributed by atoms with van der Waals surface area (Å²) in [5, 5.41) is 0. The number of halogens is 1. The Hall–Kier alpha value is -3.39. The van der Waals surface area contributed by atoms with E-state index in [1.807, 2.05) is 0 Å². The van der Waals surface area contributed by atoms with Gasteiger partial charge >= 0.3 is 0 Å². The van der Waals surface area contributed by atoms with Crippen LogP contribution in [0.3, 0.4) is 0 Å². The van der Waals surface area contributed by atoms with Crippen molar-refractivity contribution in [1.29, 1.82) is 0 Å². The van der Waals surface area contributed by atoms with Crippen LogP contribution in [0.5, 0.6) is 5.75 Å². The third-order valence-corrected chi connectivity index (χ3v) is 6.63. The summed E-state index contributed by atoms with van der Waals surface area (Å²) in [5.41, 5.74) is 1.49. The van der Waals surface area contributed by atoms with Crippen LogP contribution in [0, 0.1) is 5.82 Å². The van der Waals surface area contributed by atoms with Crippen LogP contribution in [0.2, 0.25) is 0 Å². The number of sulfonamides is 1. The van der Waals surface area contributed by atoms with Gasteiger partial charge in [0, 0.05) is 23.8 Å². The highest BCUT2D eigenvalue weighted by Crippen LogP contribution is 2.30. The molecule has 1 aliphatic carbocycles. The van der Waals surface area contributed by atoms with Crippen LogP contribution >= 0.6 is 0 Å². The third kappa shape index (κ3) is 5.08. The first kappa shape index (κ1) is 21.8. The average molecular weight is 455 g/mol. The Morgan fingerprint density at radius 3 is 2.38 bits per heavy atom. The molecule has 0 bridgehead atoms. The molecule has 1 fully saturated rings. The smallest absolute Gasteiger partial charge is 0.261 e. The molecule has 0 spiro atoms. The van der Waals surface area contributed by atoms with E-state index in [9.17, 15) is 17.6 Å². The zero-order chi connectivity index (χ0) is 22.7. The van der Waals surface area contributed by atoms with Gasteiger partial charge in [-0.15, -0.1) is 0 Å². The summed E-state index contributed by atoms with van der Waals surface area (Å²) in [7, 11) is -2.36. The average Bonchev–Trinajstić information content (AvgIpc) is 3.64. The van der Waals surface area contributed by atoms with E-state index in [0.717, 1.165) is 18.4 Å². The molecular weight excluding hydrogens is 431 g/mol. The van der Waals surface area contributed by atoms with E-state index >= 15 is 0 Å². The van der Waals surface area contributed by atoms with Crippen LogP contribution in [0.4, 0.5) is 10.1 Å². The first-order valence-corrected chi connectivity index (χ1v) is 11.7. The Balaban J connectivity index is 1.54. The second-order valence-electron chi connectivity index (χ2n) is 7.65. The highest BCUT2D eigenvalue weighted by molar-refractivity contribution is 7.92. The number of carbonyl (C=O) groups excluding carboxylic acids is 1. The zero-order valence-electron chi connectivity index (χ0n) is 17.5. The summed E-state index contributed by atoms with van der Waals surface area (Å²) in [6.45, 7) is 0.338. The first-order chi connectivity index (χ1) is 15.4. The molecule has 3 aromatic carbocycles. The largest absolute Gasteiger partial charge is 0.497 e. The van der Waals surface area contributed by atoms with Gasteiger partial charge in [0.1, 0.15) is 11.6 Å². The van der Waals surface area contributed by atoms with Gasteiger partial charge < -0.3 is 9.64 Å². The summed E-state index contributed by atoms with van der Waals surface area (Å²) in [4.78, 5) is 14.9. The molecule has 8 heteroatoms. The molecule has 1 N–H and O–H groups in total. The van der Waals surface area contributed by atoms with Crippen LogP contribution in [0.15, 0.2) is 77.7 Å². The molecule has 1 amide bonds. The van der Waals surface area contributed by atoms with Crippen molar-refractivity contribution in [1.82, 2.24) is 4.90 Å². The normalized spacial score (nSPS) is 13.4. The zero-order valence-corrected chi connectivity index (χ0v) is 18.3. The Kier molecular flexibility index (Phi) is 6.14. The fourth-order valence-corrected chi connectivity index (χ4v) is 4.48. The van der Waals surface area contributed by atoms with Crippen LogP contribution in [-0.4, -0.2) is 32.4 Å². The van der Waals surface area contributed by atoms with Crippen molar-refractivity contribution >= 4 is 21.6 Å². The Morgan fingerprint density at radius 2 is 1.75 bits per heavy atom. The highest BCUT2D eigenvalue weighted by Gasteiger charge is 2.33. The summed E-state index contributed by atoms with van der Waals surface area (Å²) >= 11 is 0. The van der Waals surface area contributed by atoms with Gasteiger partial charge in [0.15, 0.2) is 0 Å². The molecule has 1 saturated carbocycles. The maximum Gasteiger partial charge on any atom is 0.261 e. The number of methoxy groups -OCH3 is 1. The molecular formula is C24H23FN2O4S. The highest BCUT2D eigenvalue weighted by atomic mass is 32.2. The molecule has 1 aliphatic rings. The number of rotatable bonds is 8. The molecule has 0 atom stereocenters. The summed E-state index contributed by atoms with van der Waals surface area (Å²) < 4.78 is 46.6. The molecule has 4 rings (SSSR count). The van der Waals surface area contributed by atoms with E-state index in [0.29, 0.717) is 18.0 Å². The third-order valence-electron chi connectivity index (χ3n) is 5.25. The van der Waals surface area contributed by atoms with Gasteiger partial charge in [0.05, 0.1) is 12.0 Å². The number of nitrogens with zero attached hydrogens (tertiary/aromatic N) is 1. The number of nitrogens with one attached hydrogen (secondary N) is 1. The lowest BCUT2D eigenvalue weighted by atomic mass is 10.1. The molecule has 0 unspecified atom stereocenters. The Labute approximate surface area is 186 Å². The van der Waals surface area contributed by atoms with Crippen molar-refractivity contribution < 1.29 is 22.3 Å². The van der Waals surface area contributed by atoms with E-state index in [-0.39, 0.29) is 28.2 Å². The fraction of sp³-hybridized carbons (Fsp3) is 0.208. The number of anilines is 1. The molecule has 0 aromatic heterocycles. The van der Waals surface area contributed by atoms with Crippen LogP contribution in [-0.2, 0) is 16.6 Å². The van der Waals surface area contributed by atoms with Crippen LogP contribution < -0.4 is 9.46 Å². The molecule has 0 saturated heterocycles. The van der Waals surface area contributed by atoms with Crippen molar-refractivity contribution in [3.63, 3.8) is 0 Å². The first-order valence-electron chi connectivity index (χ1n) is 10.2. The molecule has 0 heterocycles. The lowest BCUT2D eigenvalue weighted by Crippen LogP contribution is -2.32. The molecule has 166 valence electrons. The van der Waals surface area contributed by atoms with Gasteiger partial charge in [-0.25, -0.2) is 12.8 Å². The number of hydrogen-bond donors (Lipinski definition) is 1. The van der Waals surface area contributed by atoms with Crippen molar-refractivity contribution in [2.45, 2.75) is 30.3 Å². The minimum Gasteiger partial charge on any atom is -0.497 e. The van der Waals surface area contributed by atoms with Crippen LogP contribution in [0.25, 0.3) is 0 Å². The monoisotopic (exact) mass is 454 g/mol. The number of ether oxygens (including phenoxy) is 1. The Morgan fingerprint density at radius 1 is 1.06 bits per heavy atom. The van der Waals surface area contributed by atoms with Crippen molar-refractivity contribution in [2.75, 3.05) is 11.8 Å². The van der Waals surface area contributed by atoms with Crippen LogP contribution in [0.1, 0.15) is 28.8 Å². The predicted octanol–water partition coefficient (Wildman–Crippen LogP) is 4.44. The van der Waals surface area contributed by atoms with E-state index in [1.54, 1.807) is 53.4 Å². The molecule has 3 aromatic rings. The molecule has 0 radical (unpaired) electrons. The van der Waals surface area contributed by atoms with Gasteiger partial charge in [-0.3, -0.25) is 9.52 Å². The molecule has 32 heavy (non-hydrogen) atoms.